The van der Waals surface area contributed by atoms with Crippen molar-refractivity contribution in [3.63, 3.8) is 0 Å². The normalized spacial score (nSPS) is 12.3. The van der Waals surface area contributed by atoms with Gasteiger partial charge in [-0.15, -0.1) is 0 Å². The summed E-state index contributed by atoms with van der Waals surface area (Å²) in [6, 6.07) is 5.62. The first-order valence-corrected chi connectivity index (χ1v) is 6.95. The quantitative estimate of drug-likeness (QED) is 0.702. The SMILES string of the molecule is COc1cc(OC)cc(OC(C)CCCC(C)C)c1. The number of rotatable bonds is 8. The molecule has 1 rings (SSSR count). The van der Waals surface area contributed by atoms with Gasteiger partial charge in [0.05, 0.1) is 20.3 Å². The fraction of sp³-hybridized carbons (Fsp3) is 0.625. The Balaban J connectivity index is 2.55. The van der Waals surface area contributed by atoms with Gasteiger partial charge in [0.25, 0.3) is 0 Å². The molecule has 0 spiro atoms. The Bertz CT molecular complexity index is 352. The number of ether oxygens (including phenoxy) is 3. The molecule has 1 aromatic rings. The van der Waals surface area contributed by atoms with Crippen molar-refractivity contribution in [3.05, 3.63) is 18.2 Å². The fourth-order valence-electron chi connectivity index (χ4n) is 1.95. The monoisotopic (exact) mass is 266 g/mol. The van der Waals surface area contributed by atoms with Crippen molar-refractivity contribution in [2.45, 2.75) is 46.1 Å². The van der Waals surface area contributed by atoms with E-state index in [0.717, 1.165) is 29.6 Å². The molecule has 0 aliphatic heterocycles. The minimum atomic E-state index is 0.204. The molecule has 3 heteroatoms. The highest BCUT2D eigenvalue weighted by atomic mass is 16.5. The minimum Gasteiger partial charge on any atom is -0.496 e. The van der Waals surface area contributed by atoms with Gasteiger partial charge in [-0.2, -0.15) is 0 Å². The molecule has 0 fully saturated rings. The molecule has 0 saturated carbocycles. The van der Waals surface area contributed by atoms with Crippen LogP contribution >= 0.6 is 0 Å². The Hall–Kier alpha value is -1.38. The van der Waals surface area contributed by atoms with Gasteiger partial charge in [-0.3, -0.25) is 0 Å². The predicted molar refractivity (Wildman–Crippen MR) is 78.3 cm³/mol. The number of methoxy groups -OCH3 is 2. The lowest BCUT2D eigenvalue weighted by molar-refractivity contribution is 0.203. The van der Waals surface area contributed by atoms with Crippen molar-refractivity contribution in [2.75, 3.05) is 14.2 Å². The maximum Gasteiger partial charge on any atom is 0.127 e. The van der Waals surface area contributed by atoms with Crippen LogP contribution in [0.3, 0.4) is 0 Å². The van der Waals surface area contributed by atoms with Crippen LogP contribution in [0.5, 0.6) is 17.2 Å². The van der Waals surface area contributed by atoms with Gasteiger partial charge in [-0.1, -0.05) is 20.3 Å². The molecule has 0 amide bonds. The lowest BCUT2D eigenvalue weighted by atomic mass is 10.0. The van der Waals surface area contributed by atoms with Crippen LogP contribution in [0.25, 0.3) is 0 Å². The molecule has 3 nitrogen and oxygen atoms in total. The third-order valence-corrected chi connectivity index (χ3v) is 3.05. The van der Waals surface area contributed by atoms with Gasteiger partial charge in [0.15, 0.2) is 0 Å². The predicted octanol–water partition coefficient (Wildman–Crippen LogP) is 4.30. The van der Waals surface area contributed by atoms with E-state index in [-0.39, 0.29) is 6.10 Å². The fourth-order valence-corrected chi connectivity index (χ4v) is 1.95. The lowest BCUT2D eigenvalue weighted by Gasteiger charge is -2.16. The van der Waals surface area contributed by atoms with Crippen molar-refractivity contribution in [1.82, 2.24) is 0 Å². The molecule has 0 radical (unpaired) electrons. The van der Waals surface area contributed by atoms with Gasteiger partial charge in [-0.25, -0.2) is 0 Å². The number of hydrogen-bond acceptors (Lipinski definition) is 3. The first-order valence-electron chi connectivity index (χ1n) is 6.95. The maximum atomic E-state index is 5.92. The van der Waals surface area contributed by atoms with E-state index < -0.39 is 0 Å². The van der Waals surface area contributed by atoms with Gasteiger partial charge in [0, 0.05) is 18.2 Å². The van der Waals surface area contributed by atoms with E-state index in [9.17, 15) is 0 Å². The smallest absolute Gasteiger partial charge is 0.127 e. The summed E-state index contributed by atoms with van der Waals surface area (Å²) in [4.78, 5) is 0. The first kappa shape index (κ1) is 15.7. The van der Waals surface area contributed by atoms with Crippen LogP contribution in [-0.2, 0) is 0 Å². The Morgan fingerprint density at radius 1 is 0.842 bits per heavy atom. The van der Waals surface area contributed by atoms with Crippen LogP contribution < -0.4 is 14.2 Å². The van der Waals surface area contributed by atoms with Gasteiger partial charge in [0.2, 0.25) is 0 Å². The van der Waals surface area contributed by atoms with Crippen LogP contribution in [0, 0.1) is 5.92 Å². The Morgan fingerprint density at radius 2 is 1.37 bits per heavy atom. The largest absolute Gasteiger partial charge is 0.496 e. The highest BCUT2D eigenvalue weighted by Gasteiger charge is 2.08. The highest BCUT2D eigenvalue weighted by molar-refractivity contribution is 5.42. The third kappa shape index (κ3) is 5.86. The van der Waals surface area contributed by atoms with Crippen molar-refractivity contribution in [2.24, 2.45) is 5.92 Å². The van der Waals surface area contributed by atoms with Crippen LogP contribution in [0.15, 0.2) is 18.2 Å². The lowest BCUT2D eigenvalue weighted by Crippen LogP contribution is -2.12. The summed E-state index contributed by atoms with van der Waals surface area (Å²) in [6.07, 6.45) is 3.71. The minimum absolute atomic E-state index is 0.204. The van der Waals surface area contributed by atoms with Crippen molar-refractivity contribution in [3.8, 4) is 17.2 Å². The summed E-state index contributed by atoms with van der Waals surface area (Å²) in [6.45, 7) is 6.60. The molecule has 0 N–H and O–H groups in total. The van der Waals surface area contributed by atoms with E-state index >= 15 is 0 Å². The van der Waals surface area contributed by atoms with Crippen molar-refractivity contribution in [1.29, 1.82) is 0 Å². The van der Waals surface area contributed by atoms with Crippen LogP contribution in [0.1, 0.15) is 40.0 Å². The molecule has 0 aliphatic rings. The van der Waals surface area contributed by atoms with E-state index in [0.29, 0.717) is 0 Å². The Morgan fingerprint density at radius 3 is 1.84 bits per heavy atom. The van der Waals surface area contributed by atoms with Gasteiger partial charge < -0.3 is 14.2 Å². The molecule has 0 bridgehead atoms. The van der Waals surface area contributed by atoms with Crippen LogP contribution in [0.2, 0.25) is 0 Å². The van der Waals surface area contributed by atoms with Gasteiger partial charge in [0.1, 0.15) is 17.2 Å². The van der Waals surface area contributed by atoms with Crippen molar-refractivity contribution < 1.29 is 14.2 Å². The topological polar surface area (TPSA) is 27.7 Å². The summed E-state index contributed by atoms with van der Waals surface area (Å²) >= 11 is 0. The van der Waals surface area contributed by atoms with Crippen LogP contribution in [0.4, 0.5) is 0 Å². The number of benzene rings is 1. The Labute approximate surface area is 116 Å². The highest BCUT2D eigenvalue weighted by Crippen LogP contribution is 2.28. The standard InChI is InChI=1S/C16H26O3/c1-12(2)7-6-8-13(3)19-16-10-14(17-4)9-15(11-16)18-5/h9-13H,6-8H2,1-5H3. The zero-order valence-electron chi connectivity index (χ0n) is 12.7. The molecule has 0 saturated heterocycles. The molecule has 1 atom stereocenters. The average molecular weight is 266 g/mol. The van der Waals surface area contributed by atoms with E-state index in [1.54, 1.807) is 14.2 Å². The third-order valence-electron chi connectivity index (χ3n) is 3.05. The van der Waals surface area contributed by atoms with E-state index in [1.165, 1.54) is 12.8 Å². The molecular formula is C16H26O3. The van der Waals surface area contributed by atoms with E-state index in [2.05, 4.69) is 20.8 Å². The second-order valence-electron chi connectivity index (χ2n) is 5.30. The molecule has 0 heterocycles. The number of hydrogen-bond donors (Lipinski definition) is 0. The van der Waals surface area contributed by atoms with Gasteiger partial charge in [-0.05, 0) is 25.7 Å². The summed E-state index contributed by atoms with van der Waals surface area (Å²) in [5, 5.41) is 0. The molecule has 19 heavy (non-hydrogen) atoms. The van der Waals surface area contributed by atoms with Crippen molar-refractivity contribution >= 4 is 0 Å². The molecule has 108 valence electrons. The second-order valence-corrected chi connectivity index (χ2v) is 5.30. The Kier molecular flexibility index (Phi) is 6.54. The zero-order valence-corrected chi connectivity index (χ0v) is 12.7. The zero-order chi connectivity index (χ0) is 14.3. The first-order chi connectivity index (χ1) is 9.05. The molecular weight excluding hydrogens is 240 g/mol. The molecule has 1 aromatic carbocycles. The summed E-state index contributed by atoms with van der Waals surface area (Å²) < 4.78 is 16.4. The average Bonchev–Trinajstić information content (AvgIpc) is 2.37. The molecule has 0 aromatic heterocycles. The molecule has 1 unspecified atom stereocenters. The maximum absolute atomic E-state index is 5.92. The van der Waals surface area contributed by atoms with Crippen LogP contribution in [-0.4, -0.2) is 20.3 Å². The summed E-state index contributed by atoms with van der Waals surface area (Å²) in [5.41, 5.74) is 0. The second kappa shape index (κ2) is 7.93. The summed E-state index contributed by atoms with van der Waals surface area (Å²) in [5.74, 6) is 3.06. The van der Waals surface area contributed by atoms with E-state index in [4.69, 9.17) is 14.2 Å². The van der Waals surface area contributed by atoms with E-state index in [1.807, 2.05) is 18.2 Å². The summed E-state index contributed by atoms with van der Waals surface area (Å²) in [7, 11) is 3.29. The molecule has 0 aliphatic carbocycles. The van der Waals surface area contributed by atoms with Gasteiger partial charge >= 0.3 is 0 Å².